The van der Waals surface area contributed by atoms with Gasteiger partial charge in [-0.2, -0.15) is 0 Å². The van der Waals surface area contributed by atoms with Gasteiger partial charge in [0.05, 0.1) is 23.5 Å². The van der Waals surface area contributed by atoms with Crippen molar-refractivity contribution in [3.8, 4) is 5.69 Å². The van der Waals surface area contributed by atoms with Crippen LogP contribution in [-0.2, 0) is 4.79 Å². The van der Waals surface area contributed by atoms with E-state index in [1.807, 2.05) is 0 Å². The van der Waals surface area contributed by atoms with Crippen LogP contribution in [0, 0.1) is 0 Å². The van der Waals surface area contributed by atoms with Crippen LogP contribution >= 0.6 is 11.8 Å². The first-order valence-electron chi connectivity index (χ1n) is 8.76. The molecular weight excluding hydrogens is 368 g/mol. The molecule has 1 aromatic carbocycles. The first-order chi connectivity index (χ1) is 13.1. The van der Waals surface area contributed by atoms with E-state index in [9.17, 15) is 14.4 Å². The van der Waals surface area contributed by atoms with Crippen molar-refractivity contribution >= 4 is 28.8 Å². The molecule has 1 saturated heterocycles. The van der Waals surface area contributed by atoms with Gasteiger partial charge in [0, 0.05) is 5.56 Å². The standard InChI is InChI=1S/C17H18N6O3S/c24-15-9-27-17(26)23(15)14-7-2-1-6-13(14)19-16(25)11-4-3-5-12(8-11)22-10-18-20-21-22/h3-5,8,10,13-14H,1-2,6-7,9H2,(H,19,25). The van der Waals surface area contributed by atoms with Gasteiger partial charge < -0.3 is 5.32 Å². The maximum atomic E-state index is 12.8. The summed E-state index contributed by atoms with van der Waals surface area (Å²) in [7, 11) is 0. The lowest BCUT2D eigenvalue weighted by Gasteiger charge is -2.36. The number of amides is 3. The molecule has 0 radical (unpaired) electrons. The SMILES string of the molecule is O=C(NC1CCCCC1N1C(=O)CSC1=O)c1cccc(-n2cnnn2)c1. The predicted molar refractivity (Wildman–Crippen MR) is 97.4 cm³/mol. The van der Waals surface area contributed by atoms with Gasteiger partial charge in [-0.25, -0.2) is 4.68 Å². The number of nitrogens with one attached hydrogen (secondary N) is 1. The number of nitrogens with zero attached hydrogens (tertiary/aromatic N) is 5. The van der Waals surface area contributed by atoms with Crippen molar-refractivity contribution in [2.75, 3.05) is 5.75 Å². The lowest BCUT2D eigenvalue weighted by Crippen LogP contribution is -2.54. The highest BCUT2D eigenvalue weighted by Crippen LogP contribution is 2.30. The van der Waals surface area contributed by atoms with Crippen molar-refractivity contribution < 1.29 is 14.4 Å². The van der Waals surface area contributed by atoms with E-state index in [0.29, 0.717) is 17.7 Å². The molecule has 27 heavy (non-hydrogen) atoms. The molecule has 4 rings (SSSR count). The molecule has 1 aliphatic carbocycles. The van der Waals surface area contributed by atoms with Crippen molar-refractivity contribution in [2.24, 2.45) is 0 Å². The lowest BCUT2D eigenvalue weighted by atomic mass is 9.89. The normalized spacial score (nSPS) is 22.9. The topological polar surface area (TPSA) is 110 Å². The molecule has 0 spiro atoms. The largest absolute Gasteiger partial charge is 0.347 e. The molecule has 2 aliphatic rings. The van der Waals surface area contributed by atoms with Gasteiger partial charge in [-0.3, -0.25) is 19.3 Å². The van der Waals surface area contributed by atoms with Gasteiger partial charge >= 0.3 is 0 Å². The predicted octanol–water partition coefficient (Wildman–Crippen LogP) is 1.40. The highest BCUT2D eigenvalue weighted by atomic mass is 32.2. The van der Waals surface area contributed by atoms with E-state index in [-0.39, 0.29) is 34.9 Å². The number of thioether (sulfide) groups is 1. The third kappa shape index (κ3) is 3.57. The number of hydrogen-bond donors (Lipinski definition) is 1. The summed E-state index contributed by atoms with van der Waals surface area (Å²) < 4.78 is 1.47. The molecule has 2 atom stereocenters. The Kier molecular flexibility index (Phi) is 4.88. The van der Waals surface area contributed by atoms with Crippen LogP contribution in [0.15, 0.2) is 30.6 Å². The summed E-state index contributed by atoms with van der Waals surface area (Å²) in [5.41, 5.74) is 1.15. The van der Waals surface area contributed by atoms with E-state index < -0.39 is 0 Å². The van der Waals surface area contributed by atoms with Crippen molar-refractivity contribution in [1.29, 1.82) is 0 Å². The molecule has 2 aromatic rings. The summed E-state index contributed by atoms with van der Waals surface area (Å²) in [5, 5.41) is 13.8. The summed E-state index contributed by atoms with van der Waals surface area (Å²) >= 11 is 1.03. The number of carbonyl (C=O) groups excluding carboxylic acids is 3. The minimum absolute atomic E-state index is 0.170. The summed E-state index contributed by atoms with van der Waals surface area (Å²) in [6.45, 7) is 0. The number of carbonyl (C=O) groups is 3. The second-order valence-corrected chi connectivity index (χ2v) is 7.48. The van der Waals surface area contributed by atoms with E-state index in [1.54, 1.807) is 24.3 Å². The zero-order chi connectivity index (χ0) is 18.8. The first kappa shape index (κ1) is 17.7. The van der Waals surface area contributed by atoms with Crippen molar-refractivity contribution in [1.82, 2.24) is 30.4 Å². The Balaban J connectivity index is 1.52. The summed E-state index contributed by atoms with van der Waals surface area (Å²) in [6, 6.07) is 6.45. The van der Waals surface area contributed by atoms with Gasteiger partial charge in [0.1, 0.15) is 6.33 Å². The fraction of sp³-hybridized carbons (Fsp3) is 0.412. The number of hydrogen-bond acceptors (Lipinski definition) is 7. The zero-order valence-electron chi connectivity index (χ0n) is 14.4. The average molecular weight is 386 g/mol. The summed E-state index contributed by atoms with van der Waals surface area (Å²) in [6.07, 6.45) is 4.80. The Hall–Kier alpha value is -2.75. The highest BCUT2D eigenvalue weighted by Gasteiger charge is 2.41. The van der Waals surface area contributed by atoms with E-state index >= 15 is 0 Å². The monoisotopic (exact) mass is 386 g/mol. The number of rotatable bonds is 4. The molecule has 9 nitrogen and oxygen atoms in total. The molecule has 1 aliphatic heterocycles. The molecule has 0 bridgehead atoms. The van der Waals surface area contributed by atoms with Crippen LogP contribution in [-0.4, -0.2) is 60.0 Å². The molecular formula is C17H18N6O3S. The van der Waals surface area contributed by atoms with Gasteiger partial charge in [0.15, 0.2) is 0 Å². The smallest absolute Gasteiger partial charge is 0.289 e. The molecule has 2 fully saturated rings. The van der Waals surface area contributed by atoms with Crippen LogP contribution in [0.25, 0.3) is 5.69 Å². The fourth-order valence-electron chi connectivity index (χ4n) is 3.59. The van der Waals surface area contributed by atoms with Crippen LogP contribution in [0.2, 0.25) is 0 Å². The van der Waals surface area contributed by atoms with Gasteiger partial charge in [-0.15, -0.1) is 5.10 Å². The van der Waals surface area contributed by atoms with E-state index in [0.717, 1.165) is 31.0 Å². The second kappa shape index (κ2) is 7.47. The average Bonchev–Trinajstić information content (AvgIpc) is 3.33. The zero-order valence-corrected chi connectivity index (χ0v) is 15.3. The molecule has 2 unspecified atom stereocenters. The number of aromatic nitrogens is 4. The van der Waals surface area contributed by atoms with Gasteiger partial charge in [0.2, 0.25) is 5.91 Å². The van der Waals surface area contributed by atoms with Crippen molar-refractivity contribution in [3.63, 3.8) is 0 Å². The molecule has 1 saturated carbocycles. The summed E-state index contributed by atoms with van der Waals surface area (Å²) in [5.74, 6) is -0.227. The Morgan fingerprint density at radius 2 is 2.07 bits per heavy atom. The molecule has 10 heteroatoms. The molecule has 2 heterocycles. The van der Waals surface area contributed by atoms with E-state index in [4.69, 9.17) is 0 Å². The van der Waals surface area contributed by atoms with Crippen LogP contribution < -0.4 is 5.32 Å². The lowest BCUT2D eigenvalue weighted by molar-refractivity contribution is -0.127. The Bertz CT molecular complexity index is 855. The van der Waals surface area contributed by atoms with Gasteiger partial charge in [-0.05, 0) is 41.5 Å². The third-order valence-corrected chi connectivity index (χ3v) is 5.72. The maximum absolute atomic E-state index is 12.8. The van der Waals surface area contributed by atoms with Crippen molar-refractivity contribution in [3.05, 3.63) is 36.2 Å². The van der Waals surface area contributed by atoms with Crippen LogP contribution in [0.3, 0.4) is 0 Å². The Labute approximate surface area is 159 Å². The fourth-order valence-corrected chi connectivity index (χ4v) is 4.36. The second-order valence-electron chi connectivity index (χ2n) is 6.55. The van der Waals surface area contributed by atoms with Gasteiger partial charge in [0.25, 0.3) is 11.1 Å². The maximum Gasteiger partial charge on any atom is 0.289 e. The number of imide groups is 1. The van der Waals surface area contributed by atoms with Gasteiger partial charge in [-0.1, -0.05) is 30.7 Å². The quantitative estimate of drug-likeness (QED) is 0.845. The van der Waals surface area contributed by atoms with Crippen LogP contribution in [0.1, 0.15) is 36.0 Å². The Morgan fingerprint density at radius 3 is 2.81 bits per heavy atom. The molecule has 1 N–H and O–H groups in total. The van der Waals surface area contributed by atoms with Crippen LogP contribution in [0.4, 0.5) is 4.79 Å². The minimum atomic E-state index is -0.277. The minimum Gasteiger partial charge on any atom is -0.347 e. The number of tetrazole rings is 1. The van der Waals surface area contributed by atoms with Crippen LogP contribution in [0.5, 0.6) is 0 Å². The highest BCUT2D eigenvalue weighted by molar-refractivity contribution is 8.14. The molecule has 140 valence electrons. The van der Waals surface area contributed by atoms with Crippen molar-refractivity contribution in [2.45, 2.75) is 37.8 Å². The molecule has 1 aromatic heterocycles. The molecule has 3 amide bonds. The Morgan fingerprint density at radius 1 is 1.22 bits per heavy atom. The van der Waals surface area contributed by atoms with E-state index in [1.165, 1.54) is 15.9 Å². The summed E-state index contributed by atoms with van der Waals surface area (Å²) in [4.78, 5) is 38.3. The van der Waals surface area contributed by atoms with E-state index in [2.05, 4.69) is 20.8 Å². The third-order valence-electron chi connectivity index (χ3n) is 4.88. The first-order valence-corrected chi connectivity index (χ1v) is 9.75. The number of benzene rings is 1.